The van der Waals surface area contributed by atoms with Gasteiger partial charge in [0.15, 0.2) is 31.2 Å². The summed E-state index contributed by atoms with van der Waals surface area (Å²) in [5, 5.41) is 151. The first-order valence-electron chi connectivity index (χ1n) is 22.5. The molecule has 32 nitrogen and oxygen atoms in total. The summed E-state index contributed by atoms with van der Waals surface area (Å²) in [5.74, 6) is -6.01. The molecule has 0 unspecified atom stereocenters. The standard InChI is InChI=1S/C40H67N5O27/c1-11(51)41-21(36(63)64)28(59)32(16(56)6-46)69-38-23(43-13(3)53)29(60)34(18(8-48)66-38)71-40-25(45-15(5)55)31(62)35(20(10-50)68-40)72-39-24(44-14(4)54)30(61)33(19(9-49)67-39)70-37-22(42-12(2)52)27(58)26(57)17(7-47)65-37/h16-35,37-40,46-50,56-62H,6-10H2,1-5H3,(H,41,51)(H,42,52)(H,43,53)(H,44,54)(H,45,55)(H,63,64)/t16-,17-,18-,19-,20-,21-,22-,23-,24-,25-,26-,27-,28-,29-,30-,31-,32-,33-,34-,35-,37+,38+,39+,40+/m1/s1. The Morgan fingerprint density at radius 2 is 0.792 bits per heavy atom. The van der Waals surface area contributed by atoms with Gasteiger partial charge >= 0.3 is 5.97 Å². The van der Waals surface area contributed by atoms with Crippen LogP contribution in [0.2, 0.25) is 0 Å². The van der Waals surface area contributed by atoms with Crippen LogP contribution in [-0.2, 0) is 66.7 Å². The van der Waals surface area contributed by atoms with Crippen LogP contribution in [0.25, 0.3) is 0 Å². The van der Waals surface area contributed by atoms with Crippen LogP contribution in [0, 0.1) is 0 Å². The topological polar surface area (TPSA) is 499 Å². The summed E-state index contributed by atoms with van der Waals surface area (Å²) in [6, 6.07) is -8.99. The van der Waals surface area contributed by atoms with Crippen molar-refractivity contribution in [3.8, 4) is 0 Å². The van der Waals surface area contributed by atoms with Gasteiger partial charge in [0, 0.05) is 34.6 Å². The fourth-order valence-corrected chi connectivity index (χ4v) is 8.63. The molecule has 0 saturated carbocycles. The monoisotopic (exact) mass is 1050 g/mol. The average Bonchev–Trinajstić information content (AvgIpc) is 3.31. The van der Waals surface area contributed by atoms with Gasteiger partial charge in [-0.05, 0) is 0 Å². The predicted octanol–water partition coefficient (Wildman–Crippen LogP) is -11.5. The molecule has 0 aromatic heterocycles. The molecule has 0 spiro atoms. The lowest BCUT2D eigenvalue weighted by molar-refractivity contribution is -0.364. The number of ether oxygens (including phenoxy) is 8. The second kappa shape index (κ2) is 27.0. The average molecular weight is 1050 g/mol. The van der Waals surface area contributed by atoms with E-state index in [-0.39, 0.29) is 0 Å². The van der Waals surface area contributed by atoms with E-state index in [9.17, 15) is 95.2 Å². The molecule has 414 valence electrons. The van der Waals surface area contributed by atoms with E-state index in [4.69, 9.17) is 37.9 Å². The van der Waals surface area contributed by atoms with Crippen LogP contribution in [0.1, 0.15) is 34.6 Å². The molecule has 0 aromatic carbocycles. The summed E-state index contributed by atoms with van der Waals surface area (Å²) in [4.78, 5) is 73.4. The number of nitrogens with one attached hydrogen (secondary N) is 5. The van der Waals surface area contributed by atoms with Crippen molar-refractivity contribution in [2.45, 2.75) is 182 Å². The van der Waals surface area contributed by atoms with Crippen molar-refractivity contribution >= 4 is 35.5 Å². The molecule has 4 aliphatic heterocycles. The van der Waals surface area contributed by atoms with E-state index in [2.05, 4.69) is 21.3 Å². The minimum Gasteiger partial charge on any atom is -0.480 e. The lowest BCUT2D eigenvalue weighted by Crippen LogP contribution is -2.72. The van der Waals surface area contributed by atoms with Crippen molar-refractivity contribution in [3.05, 3.63) is 0 Å². The van der Waals surface area contributed by atoms with Crippen LogP contribution in [0.3, 0.4) is 0 Å². The molecule has 32 heteroatoms. The van der Waals surface area contributed by atoms with Crippen LogP contribution in [-0.4, -0.2) is 282 Å². The van der Waals surface area contributed by atoms with Crippen molar-refractivity contribution in [1.29, 1.82) is 0 Å². The van der Waals surface area contributed by atoms with Gasteiger partial charge in [0.2, 0.25) is 29.5 Å². The van der Waals surface area contributed by atoms with Crippen molar-refractivity contribution in [3.63, 3.8) is 0 Å². The Hall–Kier alpha value is -3.98. The Morgan fingerprint density at radius 3 is 1.10 bits per heavy atom. The molecule has 4 heterocycles. The fraction of sp³-hybridized carbons (Fsp3) is 0.850. The Labute approximate surface area is 409 Å². The van der Waals surface area contributed by atoms with E-state index in [1.807, 2.05) is 5.32 Å². The zero-order chi connectivity index (χ0) is 54.0. The van der Waals surface area contributed by atoms with Crippen LogP contribution < -0.4 is 26.6 Å². The number of carbonyl (C=O) groups excluding carboxylic acids is 5. The van der Waals surface area contributed by atoms with Crippen molar-refractivity contribution in [1.82, 2.24) is 26.6 Å². The molecule has 18 N–H and O–H groups in total. The third kappa shape index (κ3) is 14.7. The quantitative estimate of drug-likeness (QED) is 0.0479. The summed E-state index contributed by atoms with van der Waals surface area (Å²) in [6.07, 6.45) is -35.9. The highest BCUT2D eigenvalue weighted by atomic mass is 16.8. The second-order valence-electron chi connectivity index (χ2n) is 17.4. The summed E-state index contributed by atoms with van der Waals surface area (Å²) < 4.78 is 47.0. The van der Waals surface area contributed by atoms with E-state index in [0.717, 1.165) is 34.6 Å². The number of aliphatic hydroxyl groups excluding tert-OH is 12. The number of aliphatic hydroxyl groups is 12. The Kier molecular flexibility index (Phi) is 22.7. The maximum absolute atomic E-state index is 12.6. The normalized spacial score (nSPS) is 38.8. The van der Waals surface area contributed by atoms with Gasteiger partial charge in [-0.1, -0.05) is 0 Å². The van der Waals surface area contributed by atoms with Crippen LogP contribution in [0.4, 0.5) is 0 Å². The molecule has 0 radical (unpaired) electrons. The number of rotatable bonds is 22. The van der Waals surface area contributed by atoms with E-state index in [0.29, 0.717) is 0 Å². The molecular weight excluding hydrogens is 982 g/mol. The predicted molar refractivity (Wildman–Crippen MR) is 227 cm³/mol. The first-order valence-corrected chi connectivity index (χ1v) is 22.5. The number of hydrogen-bond donors (Lipinski definition) is 18. The molecule has 72 heavy (non-hydrogen) atoms. The SMILES string of the molecule is CC(=O)N[C@H]1[C@H](O[C@@H]([C@H](O)[C@@H](NC(C)=O)C(=O)O)[C@H](O)CO)O[C@H](CO)[C@@H](O[C@@H]2O[C@H](CO)[C@@H](O[C@@H]3O[C@H](CO)[C@@H](O[C@@H]4O[C@H](CO)[C@@H](O)[C@H](O)[C@H]4NC(C)=O)[C@H](O)[C@H]3NC(C)=O)[C@H](O)[C@H]2NC(C)=O)[C@@H]1O. The molecule has 4 saturated heterocycles. The third-order valence-corrected chi connectivity index (χ3v) is 12.0. The van der Waals surface area contributed by atoms with Crippen molar-refractivity contribution < 1.29 is 133 Å². The summed E-state index contributed by atoms with van der Waals surface area (Å²) in [5.41, 5.74) is 0. The lowest BCUT2D eigenvalue weighted by atomic mass is 9.93. The van der Waals surface area contributed by atoms with Gasteiger partial charge in [-0.3, -0.25) is 24.0 Å². The Bertz CT molecular complexity index is 1830. The highest BCUT2D eigenvalue weighted by Crippen LogP contribution is 2.35. The van der Waals surface area contributed by atoms with Gasteiger partial charge in [-0.25, -0.2) is 4.79 Å². The molecule has 0 aliphatic carbocycles. The number of carboxylic acid groups (broad SMARTS) is 1. The molecule has 4 fully saturated rings. The smallest absolute Gasteiger partial charge is 0.329 e. The minimum atomic E-state index is -2.35. The maximum Gasteiger partial charge on any atom is 0.329 e. The summed E-state index contributed by atoms with van der Waals surface area (Å²) in [6.45, 7) is -0.128. The van der Waals surface area contributed by atoms with E-state index in [1.165, 1.54) is 0 Å². The molecule has 0 aromatic rings. The number of carbonyl (C=O) groups is 6. The van der Waals surface area contributed by atoms with Gasteiger partial charge in [0.1, 0.15) is 116 Å². The maximum atomic E-state index is 12.6. The number of carboxylic acids is 1. The van der Waals surface area contributed by atoms with Crippen LogP contribution in [0.15, 0.2) is 0 Å². The molecular formula is C40H67N5O27. The largest absolute Gasteiger partial charge is 0.480 e. The van der Waals surface area contributed by atoms with E-state index in [1.54, 1.807) is 0 Å². The zero-order valence-electron chi connectivity index (χ0n) is 39.4. The molecule has 4 rings (SSSR count). The second-order valence-corrected chi connectivity index (χ2v) is 17.4. The van der Waals surface area contributed by atoms with Gasteiger partial charge in [-0.2, -0.15) is 0 Å². The van der Waals surface area contributed by atoms with Crippen LogP contribution >= 0.6 is 0 Å². The van der Waals surface area contributed by atoms with E-state index < -0.39 is 215 Å². The summed E-state index contributed by atoms with van der Waals surface area (Å²) in [7, 11) is 0. The molecule has 5 amide bonds. The van der Waals surface area contributed by atoms with Gasteiger partial charge in [0.05, 0.1) is 33.0 Å². The third-order valence-electron chi connectivity index (χ3n) is 12.0. The van der Waals surface area contributed by atoms with Crippen molar-refractivity contribution in [2.75, 3.05) is 33.0 Å². The number of hydrogen-bond acceptors (Lipinski definition) is 26. The molecule has 4 aliphatic rings. The first kappa shape index (κ1) is 60.6. The Balaban J connectivity index is 1.64. The van der Waals surface area contributed by atoms with Crippen LogP contribution in [0.5, 0.6) is 0 Å². The van der Waals surface area contributed by atoms with Gasteiger partial charge in [0.25, 0.3) is 0 Å². The van der Waals surface area contributed by atoms with Gasteiger partial charge < -0.3 is 131 Å². The molecule has 24 atom stereocenters. The molecule has 0 bridgehead atoms. The zero-order valence-corrected chi connectivity index (χ0v) is 39.4. The van der Waals surface area contributed by atoms with Crippen molar-refractivity contribution in [2.24, 2.45) is 0 Å². The summed E-state index contributed by atoms with van der Waals surface area (Å²) >= 11 is 0. The number of amides is 5. The first-order chi connectivity index (χ1) is 33.8. The fourth-order valence-electron chi connectivity index (χ4n) is 8.63. The minimum absolute atomic E-state index is 0.724. The Morgan fingerprint density at radius 1 is 0.472 bits per heavy atom. The highest BCUT2D eigenvalue weighted by molar-refractivity contribution is 5.82. The van der Waals surface area contributed by atoms with E-state index >= 15 is 0 Å². The highest BCUT2D eigenvalue weighted by Gasteiger charge is 2.57. The lowest BCUT2D eigenvalue weighted by Gasteiger charge is -2.51. The van der Waals surface area contributed by atoms with Gasteiger partial charge in [-0.15, -0.1) is 0 Å². The number of aliphatic carboxylic acids is 1.